The number of rotatable bonds is 3. The normalized spacial score (nSPS) is 23.8. The standard InChI is InChI=1S/C7H13NO6S2/c1-6(7(9)10)16(13,14)8-2-4-15(11,12)5-3-8/h6H,2-5H2,1H3,(H,9,10). The Kier molecular flexibility index (Phi) is 3.60. The molecule has 0 aromatic carbocycles. The minimum absolute atomic E-state index is 0.164. The molecule has 16 heavy (non-hydrogen) atoms. The molecule has 1 N–H and O–H groups in total. The summed E-state index contributed by atoms with van der Waals surface area (Å²) >= 11 is 0. The number of aliphatic carboxylic acids is 1. The first-order valence-electron chi connectivity index (χ1n) is 4.59. The molecule has 1 fully saturated rings. The van der Waals surface area contributed by atoms with Crippen molar-refractivity contribution in [2.75, 3.05) is 24.6 Å². The van der Waals surface area contributed by atoms with E-state index in [9.17, 15) is 21.6 Å². The molecule has 0 aliphatic carbocycles. The third kappa shape index (κ3) is 2.71. The van der Waals surface area contributed by atoms with Crippen molar-refractivity contribution < 1.29 is 26.7 Å². The van der Waals surface area contributed by atoms with E-state index in [1.54, 1.807) is 0 Å². The fourth-order valence-corrected chi connectivity index (χ4v) is 4.13. The van der Waals surface area contributed by atoms with Crippen LogP contribution in [0.15, 0.2) is 0 Å². The van der Waals surface area contributed by atoms with Crippen molar-refractivity contribution in [2.24, 2.45) is 0 Å². The fraction of sp³-hybridized carbons (Fsp3) is 0.857. The molecule has 1 heterocycles. The van der Waals surface area contributed by atoms with Crippen LogP contribution in [0.25, 0.3) is 0 Å². The molecule has 0 spiro atoms. The SMILES string of the molecule is CC(C(=O)O)S(=O)(=O)N1CCS(=O)(=O)CC1. The van der Waals surface area contributed by atoms with Gasteiger partial charge in [-0.3, -0.25) is 4.79 Å². The molecule has 0 aromatic heterocycles. The van der Waals surface area contributed by atoms with Gasteiger partial charge in [0.2, 0.25) is 10.0 Å². The maximum absolute atomic E-state index is 11.7. The average Bonchev–Trinajstić information content (AvgIpc) is 2.15. The minimum Gasteiger partial charge on any atom is -0.480 e. The molecular weight excluding hydrogens is 258 g/mol. The Labute approximate surface area is 94.0 Å². The number of carbonyl (C=O) groups is 1. The summed E-state index contributed by atoms with van der Waals surface area (Å²) in [6, 6.07) is 0. The zero-order chi connectivity index (χ0) is 12.6. The molecule has 9 heteroatoms. The van der Waals surface area contributed by atoms with E-state index >= 15 is 0 Å². The van der Waals surface area contributed by atoms with Gasteiger partial charge in [-0.2, -0.15) is 4.31 Å². The van der Waals surface area contributed by atoms with Crippen LogP contribution < -0.4 is 0 Å². The van der Waals surface area contributed by atoms with Gasteiger partial charge >= 0.3 is 5.97 Å². The Hall–Kier alpha value is -0.670. The maximum atomic E-state index is 11.7. The Bertz CT molecular complexity index is 465. The molecule has 1 saturated heterocycles. The number of hydrogen-bond acceptors (Lipinski definition) is 5. The number of sulfone groups is 1. The first kappa shape index (κ1) is 13.4. The zero-order valence-electron chi connectivity index (χ0n) is 8.66. The van der Waals surface area contributed by atoms with Crippen molar-refractivity contribution in [2.45, 2.75) is 12.2 Å². The second kappa shape index (κ2) is 4.30. The summed E-state index contributed by atoms with van der Waals surface area (Å²) in [5.41, 5.74) is 0. The Morgan fingerprint density at radius 2 is 1.75 bits per heavy atom. The third-order valence-electron chi connectivity index (χ3n) is 2.46. The number of sulfonamides is 1. The number of carboxylic acids is 1. The van der Waals surface area contributed by atoms with Crippen molar-refractivity contribution in [1.82, 2.24) is 4.31 Å². The maximum Gasteiger partial charge on any atom is 0.323 e. The summed E-state index contributed by atoms with van der Waals surface area (Å²) in [5.74, 6) is -1.94. The van der Waals surface area contributed by atoms with Crippen molar-refractivity contribution in [3.63, 3.8) is 0 Å². The van der Waals surface area contributed by atoms with Crippen LogP contribution in [-0.4, -0.2) is 62.1 Å². The lowest BCUT2D eigenvalue weighted by Gasteiger charge is -2.27. The van der Waals surface area contributed by atoms with Crippen LogP contribution in [0.2, 0.25) is 0 Å². The largest absolute Gasteiger partial charge is 0.480 e. The molecule has 1 atom stereocenters. The van der Waals surface area contributed by atoms with E-state index in [2.05, 4.69) is 0 Å². The predicted octanol–water partition coefficient (Wildman–Crippen LogP) is -1.48. The van der Waals surface area contributed by atoms with E-state index in [0.717, 1.165) is 11.2 Å². The van der Waals surface area contributed by atoms with Crippen LogP contribution in [0.4, 0.5) is 0 Å². The van der Waals surface area contributed by atoms with Crippen LogP contribution >= 0.6 is 0 Å². The van der Waals surface area contributed by atoms with Gasteiger partial charge in [0.05, 0.1) is 11.5 Å². The first-order chi connectivity index (χ1) is 7.17. The lowest BCUT2D eigenvalue weighted by atomic mass is 10.5. The van der Waals surface area contributed by atoms with Crippen LogP contribution in [0, 0.1) is 0 Å². The van der Waals surface area contributed by atoms with Gasteiger partial charge in [-0.25, -0.2) is 16.8 Å². The monoisotopic (exact) mass is 271 g/mol. The van der Waals surface area contributed by atoms with Crippen molar-refractivity contribution >= 4 is 25.8 Å². The lowest BCUT2D eigenvalue weighted by Crippen LogP contribution is -2.48. The van der Waals surface area contributed by atoms with Crippen LogP contribution in [-0.2, 0) is 24.7 Å². The van der Waals surface area contributed by atoms with Gasteiger partial charge in [0.1, 0.15) is 0 Å². The number of carboxylic acid groups (broad SMARTS) is 1. The summed E-state index contributed by atoms with van der Waals surface area (Å²) in [6.07, 6.45) is 0. The van der Waals surface area contributed by atoms with Crippen LogP contribution in [0.3, 0.4) is 0 Å². The molecule has 1 unspecified atom stereocenters. The third-order valence-corrected chi connectivity index (χ3v) is 6.25. The summed E-state index contributed by atoms with van der Waals surface area (Å²) < 4.78 is 46.5. The van der Waals surface area contributed by atoms with Crippen molar-refractivity contribution in [1.29, 1.82) is 0 Å². The Morgan fingerprint density at radius 3 is 2.12 bits per heavy atom. The highest BCUT2D eigenvalue weighted by molar-refractivity contribution is 7.92. The van der Waals surface area contributed by atoms with Gasteiger partial charge in [-0.05, 0) is 6.92 Å². The van der Waals surface area contributed by atoms with Gasteiger partial charge < -0.3 is 5.11 Å². The molecule has 1 aliphatic heterocycles. The molecule has 0 bridgehead atoms. The average molecular weight is 271 g/mol. The first-order valence-corrected chi connectivity index (χ1v) is 7.91. The molecule has 0 aromatic rings. The molecule has 7 nitrogen and oxygen atoms in total. The quantitative estimate of drug-likeness (QED) is 0.670. The molecular formula is C7H13NO6S2. The second-order valence-electron chi connectivity index (χ2n) is 3.58. The lowest BCUT2D eigenvalue weighted by molar-refractivity contribution is -0.136. The van der Waals surface area contributed by atoms with Crippen molar-refractivity contribution in [3.05, 3.63) is 0 Å². The van der Waals surface area contributed by atoms with Crippen LogP contribution in [0.1, 0.15) is 6.92 Å². The molecule has 0 radical (unpaired) electrons. The van der Waals surface area contributed by atoms with Gasteiger partial charge in [-0.1, -0.05) is 0 Å². The summed E-state index contributed by atoms with van der Waals surface area (Å²) in [6.45, 7) is 0.741. The van der Waals surface area contributed by atoms with E-state index in [-0.39, 0.29) is 24.6 Å². The number of nitrogens with zero attached hydrogens (tertiary/aromatic N) is 1. The molecule has 0 amide bonds. The highest BCUT2D eigenvalue weighted by Crippen LogP contribution is 2.13. The topological polar surface area (TPSA) is 109 Å². The highest BCUT2D eigenvalue weighted by atomic mass is 32.2. The fourth-order valence-electron chi connectivity index (χ4n) is 1.30. The second-order valence-corrected chi connectivity index (χ2v) is 8.13. The van der Waals surface area contributed by atoms with E-state index in [1.165, 1.54) is 0 Å². The van der Waals surface area contributed by atoms with Gasteiger partial charge in [0.25, 0.3) is 0 Å². The molecule has 1 rings (SSSR count). The number of hydrogen-bond donors (Lipinski definition) is 1. The van der Waals surface area contributed by atoms with E-state index in [4.69, 9.17) is 5.11 Å². The van der Waals surface area contributed by atoms with Crippen LogP contribution in [0.5, 0.6) is 0 Å². The van der Waals surface area contributed by atoms with E-state index in [1.807, 2.05) is 0 Å². The minimum atomic E-state index is -3.94. The molecule has 1 aliphatic rings. The molecule has 94 valence electrons. The Balaban J connectivity index is 2.84. The summed E-state index contributed by atoms with van der Waals surface area (Å²) in [5, 5.41) is 7.08. The highest BCUT2D eigenvalue weighted by Gasteiger charge is 2.36. The Morgan fingerprint density at radius 1 is 1.31 bits per heavy atom. The summed E-state index contributed by atoms with van der Waals surface area (Å²) in [4.78, 5) is 10.6. The van der Waals surface area contributed by atoms with Gasteiger partial charge in [-0.15, -0.1) is 0 Å². The van der Waals surface area contributed by atoms with Gasteiger partial charge in [0, 0.05) is 13.1 Å². The summed E-state index contributed by atoms with van der Waals surface area (Å²) in [7, 11) is -7.12. The van der Waals surface area contributed by atoms with E-state index in [0.29, 0.717) is 0 Å². The van der Waals surface area contributed by atoms with E-state index < -0.39 is 31.1 Å². The predicted molar refractivity (Wildman–Crippen MR) is 56.2 cm³/mol. The zero-order valence-corrected chi connectivity index (χ0v) is 10.3. The molecule has 0 saturated carbocycles. The van der Waals surface area contributed by atoms with Gasteiger partial charge in [0.15, 0.2) is 15.1 Å². The van der Waals surface area contributed by atoms with Crippen molar-refractivity contribution in [3.8, 4) is 0 Å². The smallest absolute Gasteiger partial charge is 0.323 e.